The maximum absolute atomic E-state index is 8.73. The highest BCUT2D eigenvalue weighted by molar-refractivity contribution is 7.10. The predicted molar refractivity (Wildman–Crippen MR) is 88.7 cm³/mol. The Morgan fingerprint density at radius 2 is 1.90 bits per heavy atom. The molecule has 1 heterocycles. The Labute approximate surface area is 142 Å². The van der Waals surface area contributed by atoms with Crippen molar-refractivity contribution in [3.05, 3.63) is 49.1 Å². The summed E-state index contributed by atoms with van der Waals surface area (Å²) in [7, 11) is 0. The molecule has 1 N–H and O–H groups in total. The summed E-state index contributed by atoms with van der Waals surface area (Å²) in [6, 6.07) is 5.07. The average Bonchev–Trinajstić information content (AvgIpc) is 2.89. The first-order valence-corrected chi connectivity index (χ1v) is 8.06. The molecule has 0 unspecified atom stereocenters. The number of hydrogen-bond donors (Lipinski definition) is 1. The molecule has 0 radical (unpaired) electrons. The number of rotatable bonds is 4. The number of aliphatic hydroxyl groups excluding tert-OH is 1. The van der Waals surface area contributed by atoms with Crippen molar-refractivity contribution in [3.63, 3.8) is 0 Å². The normalized spacial score (nSPS) is 10.1. The van der Waals surface area contributed by atoms with E-state index in [-0.39, 0.29) is 6.61 Å². The predicted octanol–water partition coefficient (Wildman–Crippen LogP) is 5.02. The summed E-state index contributed by atoms with van der Waals surface area (Å²) in [6.07, 6.45) is 0.453. The van der Waals surface area contributed by atoms with Gasteiger partial charge in [0.2, 0.25) is 0 Å². The summed E-state index contributed by atoms with van der Waals surface area (Å²) in [4.78, 5) is 0.988. The maximum Gasteiger partial charge on any atom is 0.140 e. The van der Waals surface area contributed by atoms with Gasteiger partial charge in [-0.2, -0.15) is 0 Å². The molecule has 2 aromatic rings. The van der Waals surface area contributed by atoms with Crippen molar-refractivity contribution in [2.75, 3.05) is 6.61 Å². The van der Waals surface area contributed by atoms with E-state index in [0.717, 1.165) is 10.4 Å². The van der Waals surface area contributed by atoms with Crippen molar-refractivity contribution in [3.8, 4) is 17.6 Å². The molecular weight excluding hydrogens is 351 g/mol. The summed E-state index contributed by atoms with van der Waals surface area (Å²) in [5, 5.41) is 11.9. The van der Waals surface area contributed by atoms with Gasteiger partial charge in [-0.05, 0) is 17.5 Å². The molecule has 2 rings (SSSR count). The molecule has 1 aromatic carbocycles. The van der Waals surface area contributed by atoms with Crippen LogP contribution >= 0.6 is 46.1 Å². The smallest absolute Gasteiger partial charge is 0.140 e. The van der Waals surface area contributed by atoms with E-state index in [1.807, 2.05) is 11.4 Å². The molecule has 0 aliphatic rings. The summed E-state index contributed by atoms with van der Waals surface area (Å²) in [5.74, 6) is 6.38. The highest BCUT2D eigenvalue weighted by atomic mass is 35.5. The number of halogens is 3. The topological polar surface area (TPSA) is 29.5 Å². The minimum atomic E-state index is 0.0574. The number of benzene rings is 1. The van der Waals surface area contributed by atoms with E-state index in [0.29, 0.717) is 33.8 Å². The summed E-state index contributed by atoms with van der Waals surface area (Å²) in [6.45, 7) is 0.403. The van der Waals surface area contributed by atoms with Crippen LogP contribution in [0, 0.1) is 11.8 Å². The highest BCUT2D eigenvalue weighted by Gasteiger charge is 2.09. The number of hydrogen-bond acceptors (Lipinski definition) is 3. The van der Waals surface area contributed by atoms with Crippen LogP contribution in [0.25, 0.3) is 0 Å². The second kappa shape index (κ2) is 7.93. The fraction of sp³-hybridized carbons (Fsp3) is 0.200. The van der Waals surface area contributed by atoms with Gasteiger partial charge in [0.05, 0.1) is 26.6 Å². The van der Waals surface area contributed by atoms with Crippen LogP contribution in [0.4, 0.5) is 0 Å². The van der Waals surface area contributed by atoms with Crippen molar-refractivity contribution >= 4 is 46.1 Å². The van der Waals surface area contributed by atoms with E-state index in [9.17, 15) is 0 Å². The van der Waals surface area contributed by atoms with E-state index < -0.39 is 0 Å². The van der Waals surface area contributed by atoms with E-state index in [4.69, 9.17) is 44.6 Å². The molecule has 0 saturated heterocycles. The molecule has 0 spiro atoms. The largest absolute Gasteiger partial charge is 0.486 e. The van der Waals surface area contributed by atoms with Crippen molar-refractivity contribution in [2.24, 2.45) is 0 Å². The first-order chi connectivity index (χ1) is 10.1. The van der Waals surface area contributed by atoms with E-state index >= 15 is 0 Å². The number of aliphatic hydroxyl groups is 1. The van der Waals surface area contributed by atoms with Crippen molar-refractivity contribution < 1.29 is 9.84 Å². The molecule has 1 aromatic heterocycles. The van der Waals surface area contributed by atoms with Gasteiger partial charge < -0.3 is 9.84 Å². The van der Waals surface area contributed by atoms with E-state index in [1.54, 1.807) is 23.5 Å². The number of thiophene rings is 1. The van der Waals surface area contributed by atoms with Crippen LogP contribution in [0.2, 0.25) is 15.1 Å². The third kappa shape index (κ3) is 4.54. The SMILES string of the molecule is OCCC#Cc1ccsc1COc1cc(Cl)c(Cl)cc1Cl. The second-order valence-corrected chi connectivity index (χ2v) is 6.24. The van der Waals surface area contributed by atoms with Crippen molar-refractivity contribution in [1.82, 2.24) is 0 Å². The Morgan fingerprint density at radius 1 is 1.14 bits per heavy atom. The summed E-state index contributed by atoms with van der Waals surface area (Å²) >= 11 is 19.4. The number of ether oxygens (including phenoxy) is 1. The van der Waals surface area contributed by atoms with E-state index in [1.165, 1.54) is 0 Å². The Balaban J connectivity index is 2.09. The van der Waals surface area contributed by atoms with Crippen LogP contribution in [0.1, 0.15) is 16.9 Å². The lowest BCUT2D eigenvalue weighted by atomic mass is 10.2. The van der Waals surface area contributed by atoms with Crippen LogP contribution in [0.5, 0.6) is 5.75 Å². The molecule has 21 heavy (non-hydrogen) atoms. The molecule has 0 bridgehead atoms. The third-order valence-corrected chi connectivity index (χ3v) is 4.45. The Kier molecular flexibility index (Phi) is 6.22. The standard InChI is InChI=1S/C15H11Cl3O2S/c16-11-7-13(18)14(8-12(11)17)20-9-15-10(4-6-21-15)3-1-2-5-19/h4,6-8,19H,2,5,9H2. The zero-order chi connectivity index (χ0) is 15.2. The van der Waals surface area contributed by atoms with Crippen LogP contribution in [0.15, 0.2) is 23.6 Å². The molecular formula is C15H11Cl3O2S. The molecule has 0 fully saturated rings. The minimum Gasteiger partial charge on any atom is -0.486 e. The second-order valence-electron chi connectivity index (χ2n) is 4.02. The summed E-state index contributed by atoms with van der Waals surface area (Å²) in [5.41, 5.74) is 0.893. The van der Waals surface area contributed by atoms with Crippen LogP contribution in [-0.2, 0) is 6.61 Å². The summed E-state index contributed by atoms with van der Waals surface area (Å²) < 4.78 is 5.68. The molecule has 0 aliphatic carbocycles. The monoisotopic (exact) mass is 360 g/mol. The third-order valence-electron chi connectivity index (χ3n) is 2.54. The fourth-order valence-corrected chi connectivity index (χ4v) is 2.87. The van der Waals surface area contributed by atoms with Gasteiger partial charge in [0.1, 0.15) is 12.4 Å². The van der Waals surface area contributed by atoms with Gasteiger partial charge in [-0.3, -0.25) is 0 Å². The molecule has 2 nitrogen and oxygen atoms in total. The lowest BCUT2D eigenvalue weighted by Crippen LogP contribution is -1.96. The van der Waals surface area contributed by atoms with Gasteiger partial charge in [-0.15, -0.1) is 11.3 Å². The zero-order valence-corrected chi connectivity index (χ0v) is 13.9. The maximum atomic E-state index is 8.73. The van der Waals surface area contributed by atoms with Gasteiger partial charge in [0.15, 0.2) is 0 Å². The Hall–Kier alpha value is -0.890. The Morgan fingerprint density at radius 3 is 2.67 bits per heavy atom. The van der Waals surface area contributed by atoms with Crippen molar-refractivity contribution in [2.45, 2.75) is 13.0 Å². The molecule has 110 valence electrons. The quantitative estimate of drug-likeness (QED) is 0.612. The van der Waals surface area contributed by atoms with Crippen molar-refractivity contribution in [1.29, 1.82) is 0 Å². The first-order valence-electron chi connectivity index (χ1n) is 6.05. The fourth-order valence-electron chi connectivity index (χ4n) is 1.54. The van der Waals surface area contributed by atoms with Gasteiger partial charge in [0, 0.05) is 18.1 Å². The molecule has 6 heteroatoms. The van der Waals surface area contributed by atoms with Crippen LogP contribution < -0.4 is 4.74 Å². The highest BCUT2D eigenvalue weighted by Crippen LogP contribution is 2.34. The van der Waals surface area contributed by atoms with Gasteiger partial charge in [-0.25, -0.2) is 0 Å². The van der Waals surface area contributed by atoms with Crippen LogP contribution in [-0.4, -0.2) is 11.7 Å². The molecule has 0 atom stereocenters. The Bertz CT molecular complexity index is 686. The molecule has 0 saturated carbocycles. The zero-order valence-electron chi connectivity index (χ0n) is 10.8. The average molecular weight is 362 g/mol. The molecule has 0 amide bonds. The molecule has 0 aliphatic heterocycles. The van der Waals surface area contributed by atoms with Gasteiger partial charge in [0.25, 0.3) is 0 Å². The minimum absolute atomic E-state index is 0.0574. The van der Waals surface area contributed by atoms with Gasteiger partial charge in [-0.1, -0.05) is 46.6 Å². The van der Waals surface area contributed by atoms with Gasteiger partial charge >= 0.3 is 0 Å². The lowest BCUT2D eigenvalue weighted by Gasteiger charge is -2.08. The lowest BCUT2D eigenvalue weighted by molar-refractivity contribution is 0.305. The first kappa shape index (κ1) is 16.5. The van der Waals surface area contributed by atoms with E-state index in [2.05, 4.69) is 11.8 Å². The van der Waals surface area contributed by atoms with Crippen LogP contribution in [0.3, 0.4) is 0 Å².